The van der Waals surface area contributed by atoms with Crippen molar-refractivity contribution in [2.75, 3.05) is 0 Å². The van der Waals surface area contributed by atoms with Crippen LogP contribution in [0.25, 0.3) is 0 Å². The molecule has 0 N–H and O–H groups in total. The molecule has 0 aliphatic carbocycles. The van der Waals surface area contributed by atoms with Crippen molar-refractivity contribution in [3.05, 3.63) is 18.2 Å². The lowest BCUT2D eigenvalue weighted by atomic mass is 10.3. The second-order valence-corrected chi connectivity index (χ2v) is 1.91. The predicted octanol–water partition coefficient (Wildman–Crippen LogP) is 1.76. The zero-order valence-corrected chi connectivity index (χ0v) is 5.00. The standard InChI is InChI=1S/C7H3NO2/c9-4-8-5-2-1-3-6-7(5)10-6/h1-3H. The number of hydrogen-bond acceptors (Lipinski definition) is 3. The number of carbonyl (C=O) groups excluding carboxylic acids is 1. The van der Waals surface area contributed by atoms with Crippen molar-refractivity contribution in [1.29, 1.82) is 0 Å². The zero-order valence-electron chi connectivity index (χ0n) is 5.00. The average Bonchev–Trinajstić information content (AvgIpc) is 2.67. The number of isocyanates is 1. The number of benzene rings is 1. The summed E-state index contributed by atoms with van der Waals surface area (Å²) in [7, 11) is 0. The maximum atomic E-state index is 9.80. The van der Waals surface area contributed by atoms with Crippen LogP contribution in [0.4, 0.5) is 5.69 Å². The number of para-hydroxylation sites is 1. The fraction of sp³-hybridized carbons (Fsp3) is 0. The number of aliphatic imine (C=N–C) groups is 1. The monoisotopic (exact) mass is 133 g/mol. The summed E-state index contributed by atoms with van der Waals surface area (Å²) in [4.78, 5) is 13.2. The summed E-state index contributed by atoms with van der Waals surface area (Å²) in [6.07, 6.45) is 1.45. The third-order valence-corrected chi connectivity index (χ3v) is 1.29. The van der Waals surface area contributed by atoms with E-state index in [2.05, 4.69) is 4.99 Å². The minimum atomic E-state index is 0.563. The summed E-state index contributed by atoms with van der Waals surface area (Å²) < 4.78 is 4.95. The van der Waals surface area contributed by atoms with Crippen molar-refractivity contribution < 1.29 is 9.53 Å². The molecule has 3 heteroatoms. The van der Waals surface area contributed by atoms with Crippen LogP contribution in [0, 0.1) is 0 Å². The van der Waals surface area contributed by atoms with E-state index >= 15 is 0 Å². The maximum Gasteiger partial charge on any atom is 0.240 e. The summed E-state index contributed by atoms with van der Waals surface area (Å²) in [5, 5.41) is 0. The van der Waals surface area contributed by atoms with Gasteiger partial charge in [0.1, 0.15) is 5.69 Å². The Morgan fingerprint density at radius 3 is 3.20 bits per heavy atom. The van der Waals surface area contributed by atoms with E-state index in [9.17, 15) is 4.79 Å². The second kappa shape index (κ2) is 1.69. The molecule has 48 valence electrons. The summed E-state index contributed by atoms with van der Waals surface area (Å²) in [6, 6.07) is 5.30. The number of ether oxygens (including phenoxy) is 1. The molecule has 1 aromatic carbocycles. The highest BCUT2D eigenvalue weighted by Crippen LogP contribution is 2.51. The van der Waals surface area contributed by atoms with Gasteiger partial charge in [-0.3, -0.25) is 0 Å². The molecule has 2 rings (SSSR count). The molecule has 0 bridgehead atoms. The Morgan fingerprint density at radius 1 is 1.50 bits per heavy atom. The molecule has 3 nitrogen and oxygen atoms in total. The van der Waals surface area contributed by atoms with Gasteiger partial charge in [0.2, 0.25) is 6.08 Å². The van der Waals surface area contributed by atoms with Gasteiger partial charge in [0.25, 0.3) is 0 Å². The van der Waals surface area contributed by atoms with Gasteiger partial charge in [-0.05, 0) is 12.1 Å². The van der Waals surface area contributed by atoms with Crippen molar-refractivity contribution in [2.45, 2.75) is 0 Å². The fourth-order valence-corrected chi connectivity index (χ4v) is 0.812. The largest absolute Gasteiger partial charge is 0.447 e. The summed E-state index contributed by atoms with van der Waals surface area (Å²) in [5.41, 5.74) is 0.563. The molecule has 1 aromatic rings. The van der Waals surface area contributed by atoms with E-state index in [-0.39, 0.29) is 0 Å². The van der Waals surface area contributed by atoms with Crippen LogP contribution in [0.15, 0.2) is 23.2 Å². The molecule has 0 aromatic heterocycles. The van der Waals surface area contributed by atoms with Crippen LogP contribution in [0.1, 0.15) is 0 Å². The van der Waals surface area contributed by atoms with Crippen molar-refractivity contribution in [2.24, 2.45) is 4.99 Å². The predicted molar refractivity (Wildman–Crippen MR) is 34.3 cm³/mol. The van der Waals surface area contributed by atoms with Gasteiger partial charge < -0.3 is 4.74 Å². The van der Waals surface area contributed by atoms with Gasteiger partial charge in [-0.15, -0.1) is 0 Å². The topological polar surface area (TPSA) is 42.0 Å². The van der Waals surface area contributed by atoms with E-state index < -0.39 is 0 Å². The van der Waals surface area contributed by atoms with Crippen molar-refractivity contribution in [3.63, 3.8) is 0 Å². The quantitative estimate of drug-likeness (QED) is 0.338. The Hall–Kier alpha value is -1.60. The number of fused-ring (bicyclic) bond motifs is 1. The Kier molecular flexibility index (Phi) is 0.879. The van der Waals surface area contributed by atoms with Crippen LogP contribution in [-0.4, -0.2) is 6.08 Å². The first kappa shape index (κ1) is 5.21. The van der Waals surface area contributed by atoms with E-state index in [1.54, 1.807) is 12.1 Å². The van der Waals surface area contributed by atoms with Crippen LogP contribution in [0.2, 0.25) is 0 Å². The van der Waals surface area contributed by atoms with Crippen molar-refractivity contribution in [3.8, 4) is 11.5 Å². The smallest absolute Gasteiger partial charge is 0.240 e. The molecule has 0 atom stereocenters. The van der Waals surface area contributed by atoms with Crippen molar-refractivity contribution >= 4 is 11.8 Å². The fourth-order valence-electron chi connectivity index (χ4n) is 0.812. The minimum absolute atomic E-state index is 0.563. The molecule has 1 heterocycles. The lowest BCUT2D eigenvalue weighted by Crippen LogP contribution is -1.54. The molecule has 1 aliphatic rings. The molecule has 0 radical (unpaired) electrons. The van der Waals surface area contributed by atoms with Crippen LogP contribution in [0.5, 0.6) is 11.5 Å². The second-order valence-electron chi connectivity index (χ2n) is 1.91. The van der Waals surface area contributed by atoms with Crippen molar-refractivity contribution in [1.82, 2.24) is 0 Å². The molecule has 0 amide bonds. The van der Waals surface area contributed by atoms with E-state index in [4.69, 9.17) is 4.74 Å². The zero-order chi connectivity index (χ0) is 6.97. The van der Waals surface area contributed by atoms with Gasteiger partial charge in [0.05, 0.1) is 0 Å². The summed E-state index contributed by atoms with van der Waals surface area (Å²) in [5.74, 6) is 1.50. The number of nitrogens with zero attached hydrogens (tertiary/aromatic N) is 1. The third-order valence-electron chi connectivity index (χ3n) is 1.29. The van der Waals surface area contributed by atoms with E-state index in [0.29, 0.717) is 11.4 Å². The molecule has 0 saturated heterocycles. The van der Waals surface area contributed by atoms with Gasteiger partial charge in [-0.2, -0.15) is 4.99 Å². The maximum absolute atomic E-state index is 9.80. The van der Waals surface area contributed by atoms with Gasteiger partial charge >= 0.3 is 0 Å². The first-order valence-corrected chi connectivity index (χ1v) is 2.80. The van der Waals surface area contributed by atoms with Gasteiger partial charge in [0.15, 0.2) is 11.5 Å². The molecular weight excluding hydrogens is 130 g/mol. The Labute approximate surface area is 57.0 Å². The molecule has 0 spiro atoms. The highest BCUT2D eigenvalue weighted by atomic mass is 16.6. The molecule has 0 saturated carbocycles. The summed E-state index contributed by atoms with van der Waals surface area (Å²) in [6.45, 7) is 0. The highest BCUT2D eigenvalue weighted by Gasteiger charge is 2.23. The van der Waals surface area contributed by atoms with E-state index in [1.807, 2.05) is 6.07 Å². The lowest BCUT2D eigenvalue weighted by molar-refractivity contribution is 0.565. The Bertz CT molecular complexity index is 326. The molecule has 10 heavy (non-hydrogen) atoms. The van der Waals surface area contributed by atoms with Gasteiger partial charge in [-0.1, -0.05) is 6.07 Å². The van der Waals surface area contributed by atoms with Crippen LogP contribution in [-0.2, 0) is 4.79 Å². The normalized spacial score (nSPS) is 10.8. The van der Waals surface area contributed by atoms with Gasteiger partial charge in [0, 0.05) is 0 Å². The van der Waals surface area contributed by atoms with Gasteiger partial charge in [-0.25, -0.2) is 4.79 Å². The van der Waals surface area contributed by atoms with Crippen LogP contribution < -0.4 is 4.74 Å². The first-order chi connectivity index (χ1) is 4.92. The SMILES string of the molecule is O=C=Nc1cccc2c1O2. The number of rotatable bonds is 1. The molecule has 0 fully saturated rings. The molecule has 1 aliphatic heterocycles. The Morgan fingerprint density at radius 2 is 2.40 bits per heavy atom. The minimum Gasteiger partial charge on any atom is -0.447 e. The average molecular weight is 133 g/mol. The summed E-state index contributed by atoms with van der Waals surface area (Å²) >= 11 is 0. The Balaban J connectivity index is 2.55. The lowest BCUT2D eigenvalue weighted by Gasteiger charge is -1.77. The van der Waals surface area contributed by atoms with Crippen LogP contribution >= 0.6 is 0 Å². The first-order valence-electron chi connectivity index (χ1n) is 2.80. The third kappa shape index (κ3) is 0.616. The molecule has 0 unspecified atom stereocenters. The van der Waals surface area contributed by atoms with Crippen LogP contribution in [0.3, 0.4) is 0 Å². The van der Waals surface area contributed by atoms with E-state index in [0.717, 1.165) is 5.75 Å². The van der Waals surface area contributed by atoms with E-state index in [1.165, 1.54) is 6.08 Å². The number of hydrogen-bond donors (Lipinski definition) is 0. The highest BCUT2D eigenvalue weighted by molar-refractivity contribution is 5.71. The molecular formula is C7H3NO2.